The van der Waals surface area contributed by atoms with Crippen LogP contribution in [0.3, 0.4) is 0 Å². The number of benzene rings is 1. The Morgan fingerprint density at radius 3 is 3.05 bits per heavy atom. The molecule has 0 amide bonds. The predicted octanol–water partition coefficient (Wildman–Crippen LogP) is 2.92. The quantitative estimate of drug-likeness (QED) is 0.860. The Hall–Kier alpha value is -1.29. The van der Waals surface area contributed by atoms with Crippen molar-refractivity contribution in [2.75, 3.05) is 11.5 Å². The number of carbonyl (C=O) groups excluding carboxylic acids is 1. The van der Waals surface area contributed by atoms with E-state index in [4.69, 9.17) is 0 Å². The standard InChI is InChI=1S/C15H18N2OS/c1-2-17-13-6-4-3-5-12(13)16-15(17)9-14(18)11-7-8-19-10-11/h3-6,11H,2,7-10H2,1H3. The van der Waals surface area contributed by atoms with E-state index in [1.165, 1.54) is 0 Å². The van der Waals surface area contributed by atoms with Gasteiger partial charge in [-0.25, -0.2) is 4.98 Å². The van der Waals surface area contributed by atoms with Crippen molar-refractivity contribution >= 4 is 28.6 Å². The first kappa shape index (κ1) is 12.7. The maximum absolute atomic E-state index is 12.3. The van der Waals surface area contributed by atoms with Crippen molar-refractivity contribution in [3.8, 4) is 0 Å². The maximum Gasteiger partial charge on any atom is 0.144 e. The number of ketones is 1. The van der Waals surface area contributed by atoms with Crippen LogP contribution in [0.4, 0.5) is 0 Å². The van der Waals surface area contributed by atoms with Crippen LogP contribution < -0.4 is 0 Å². The zero-order valence-electron chi connectivity index (χ0n) is 11.1. The number of rotatable bonds is 4. The molecule has 0 spiro atoms. The predicted molar refractivity (Wildman–Crippen MR) is 79.6 cm³/mol. The molecule has 3 nitrogen and oxygen atoms in total. The van der Waals surface area contributed by atoms with E-state index in [2.05, 4.69) is 22.5 Å². The second-order valence-electron chi connectivity index (χ2n) is 4.96. The third-order valence-corrected chi connectivity index (χ3v) is 4.93. The molecule has 1 aliphatic rings. The summed E-state index contributed by atoms with van der Waals surface area (Å²) in [5, 5.41) is 0. The van der Waals surface area contributed by atoms with Gasteiger partial charge in [0.2, 0.25) is 0 Å². The maximum atomic E-state index is 12.3. The minimum Gasteiger partial charge on any atom is -0.328 e. The van der Waals surface area contributed by atoms with Gasteiger partial charge in [0.1, 0.15) is 11.6 Å². The first-order valence-electron chi connectivity index (χ1n) is 6.84. The topological polar surface area (TPSA) is 34.9 Å². The van der Waals surface area contributed by atoms with Gasteiger partial charge in [-0.05, 0) is 31.2 Å². The molecule has 0 N–H and O–H groups in total. The molecule has 1 unspecified atom stereocenters. The number of nitrogens with zero attached hydrogens (tertiary/aromatic N) is 2. The summed E-state index contributed by atoms with van der Waals surface area (Å²) in [6.07, 6.45) is 1.52. The highest BCUT2D eigenvalue weighted by atomic mass is 32.2. The van der Waals surface area contributed by atoms with Crippen LogP contribution in [0, 0.1) is 5.92 Å². The van der Waals surface area contributed by atoms with Crippen LogP contribution in [0.5, 0.6) is 0 Å². The molecule has 1 atom stereocenters. The molecule has 1 aromatic heterocycles. The molecule has 1 saturated heterocycles. The summed E-state index contributed by atoms with van der Waals surface area (Å²) in [5.74, 6) is 3.64. The van der Waals surface area contributed by atoms with Gasteiger partial charge in [-0.15, -0.1) is 0 Å². The average Bonchev–Trinajstić information content (AvgIpc) is 3.05. The van der Waals surface area contributed by atoms with Gasteiger partial charge in [0, 0.05) is 18.2 Å². The largest absolute Gasteiger partial charge is 0.328 e. The summed E-state index contributed by atoms with van der Waals surface area (Å²) in [4.78, 5) is 16.9. The molecule has 0 aliphatic carbocycles. The Morgan fingerprint density at radius 1 is 1.47 bits per heavy atom. The lowest BCUT2D eigenvalue weighted by atomic mass is 10.0. The van der Waals surface area contributed by atoms with Crippen molar-refractivity contribution in [2.24, 2.45) is 5.92 Å². The molecular formula is C15H18N2OS. The number of thioether (sulfide) groups is 1. The van der Waals surface area contributed by atoms with Crippen LogP contribution in [-0.2, 0) is 17.8 Å². The van der Waals surface area contributed by atoms with Crippen molar-refractivity contribution < 1.29 is 4.79 Å². The van der Waals surface area contributed by atoms with Crippen LogP contribution in [0.1, 0.15) is 19.2 Å². The average molecular weight is 274 g/mol. The highest BCUT2D eigenvalue weighted by Gasteiger charge is 2.24. The van der Waals surface area contributed by atoms with Crippen molar-refractivity contribution in [3.63, 3.8) is 0 Å². The fourth-order valence-corrected chi connectivity index (χ4v) is 3.96. The number of imidazole rings is 1. The summed E-state index contributed by atoms with van der Waals surface area (Å²) in [6.45, 7) is 2.97. The molecule has 1 aromatic carbocycles. The van der Waals surface area contributed by atoms with E-state index in [1.54, 1.807) is 0 Å². The van der Waals surface area contributed by atoms with E-state index >= 15 is 0 Å². The summed E-state index contributed by atoms with van der Waals surface area (Å²) >= 11 is 1.89. The van der Waals surface area contributed by atoms with Crippen LogP contribution in [0.15, 0.2) is 24.3 Å². The smallest absolute Gasteiger partial charge is 0.144 e. The van der Waals surface area contributed by atoms with E-state index in [1.807, 2.05) is 30.0 Å². The van der Waals surface area contributed by atoms with Gasteiger partial charge in [0.15, 0.2) is 0 Å². The van der Waals surface area contributed by atoms with E-state index < -0.39 is 0 Å². The van der Waals surface area contributed by atoms with Gasteiger partial charge in [0.05, 0.1) is 17.5 Å². The van der Waals surface area contributed by atoms with Gasteiger partial charge in [-0.2, -0.15) is 11.8 Å². The Kier molecular flexibility index (Phi) is 3.60. The molecule has 2 aromatic rings. The van der Waals surface area contributed by atoms with Crippen LogP contribution in [-0.4, -0.2) is 26.8 Å². The van der Waals surface area contributed by atoms with Crippen LogP contribution in [0.2, 0.25) is 0 Å². The minimum atomic E-state index is 0.245. The Labute approximate surface area is 117 Å². The SMILES string of the molecule is CCn1c(CC(=O)C2CCSC2)nc2ccccc21. The van der Waals surface area contributed by atoms with E-state index in [0.717, 1.165) is 41.3 Å². The number of hydrogen-bond donors (Lipinski definition) is 0. The van der Waals surface area contributed by atoms with E-state index in [9.17, 15) is 4.79 Å². The van der Waals surface area contributed by atoms with Gasteiger partial charge in [0.25, 0.3) is 0 Å². The number of aromatic nitrogens is 2. The van der Waals surface area contributed by atoms with Crippen molar-refractivity contribution in [1.29, 1.82) is 0 Å². The van der Waals surface area contributed by atoms with Gasteiger partial charge >= 0.3 is 0 Å². The van der Waals surface area contributed by atoms with Crippen molar-refractivity contribution in [2.45, 2.75) is 26.3 Å². The highest BCUT2D eigenvalue weighted by molar-refractivity contribution is 7.99. The van der Waals surface area contributed by atoms with Gasteiger partial charge < -0.3 is 4.57 Å². The third kappa shape index (κ3) is 2.41. The third-order valence-electron chi connectivity index (χ3n) is 3.77. The second-order valence-corrected chi connectivity index (χ2v) is 6.11. The number of fused-ring (bicyclic) bond motifs is 1. The highest BCUT2D eigenvalue weighted by Crippen LogP contribution is 2.26. The molecule has 0 saturated carbocycles. The monoisotopic (exact) mass is 274 g/mol. The van der Waals surface area contributed by atoms with Crippen molar-refractivity contribution in [1.82, 2.24) is 9.55 Å². The number of Topliss-reactive ketones (excluding diaryl/α,β-unsaturated/α-hetero) is 1. The molecular weight excluding hydrogens is 256 g/mol. The zero-order chi connectivity index (χ0) is 13.2. The first-order chi connectivity index (χ1) is 9.29. The van der Waals surface area contributed by atoms with E-state index in [0.29, 0.717) is 12.2 Å². The van der Waals surface area contributed by atoms with E-state index in [-0.39, 0.29) is 5.92 Å². The van der Waals surface area contributed by atoms with Crippen LogP contribution >= 0.6 is 11.8 Å². The molecule has 0 radical (unpaired) electrons. The molecule has 1 fully saturated rings. The number of para-hydroxylation sites is 2. The van der Waals surface area contributed by atoms with Gasteiger partial charge in [-0.1, -0.05) is 12.1 Å². The molecule has 0 bridgehead atoms. The fraction of sp³-hybridized carbons (Fsp3) is 0.467. The second kappa shape index (κ2) is 5.37. The first-order valence-corrected chi connectivity index (χ1v) is 7.99. The lowest BCUT2D eigenvalue weighted by Gasteiger charge is -2.08. The molecule has 4 heteroatoms. The lowest BCUT2D eigenvalue weighted by molar-refractivity contribution is -0.121. The zero-order valence-corrected chi connectivity index (χ0v) is 11.9. The van der Waals surface area contributed by atoms with Gasteiger partial charge in [-0.3, -0.25) is 4.79 Å². The molecule has 100 valence electrons. The number of carbonyl (C=O) groups is 1. The molecule has 1 aliphatic heterocycles. The van der Waals surface area contributed by atoms with Crippen LogP contribution in [0.25, 0.3) is 11.0 Å². The molecule has 2 heterocycles. The molecule has 19 heavy (non-hydrogen) atoms. The Bertz CT molecular complexity index is 599. The molecule has 3 rings (SSSR count). The fourth-order valence-electron chi connectivity index (χ4n) is 2.70. The number of aryl methyl sites for hydroxylation is 1. The number of hydrogen-bond acceptors (Lipinski definition) is 3. The summed E-state index contributed by atoms with van der Waals surface area (Å²) in [5.41, 5.74) is 2.13. The normalized spacial score (nSPS) is 19.1. The summed E-state index contributed by atoms with van der Waals surface area (Å²) < 4.78 is 2.16. The summed E-state index contributed by atoms with van der Waals surface area (Å²) in [6, 6.07) is 8.11. The lowest BCUT2D eigenvalue weighted by Crippen LogP contribution is -2.18. The Balaban J connectivity index is 1.89. The summed E-state index contributed by atoms with van der Waals surface area (Å²) in [7, 11) is 0. The Morgan fingerprint density at radius 2 is 2.32 bits per heavy atom. The minimum absolute atomic E-state index is 0.245. The van der Waals surface area contributed by atoms with Crippen molar-refractivity contribution in [3.05, 3.63) is 30.1 Å².